The minimum absolute atomic E-state index is 0.0780. The van der Waals surface area contributed by atoms with E-state index in [0.29, 0.717) is 12.1 Å². The first-order valence-corrected chi connectivity index (χ1v) is 8.09. The molecule has 3 unspecified atom stereocenters. The molecule has 112 valence electrons. The molecule has 0 radical (unpaired) electrons. The maximum atomic E-state index is 6.65. The molecule has 0 aromatic heterocycles. The van der Waals surface area contributed by atoms with Crippen LogP contribution in [-0.2, 0) is 0 Å². The third-order valence-corrected chi connectivity index (χ3v) is 4.91. The molecule has 1 saturated heterocycles. The molecule has 3 atom stereocenters. The fourth-order valence-electron chi connectivity index (χ4n) is 3.11. The molecule has 1 heterocycles. The van der Waals surface area contributed by atoms with Crippen molar-refractivity contribution in [1.29, 1.82) is 0 Å². The second-order valence-corrected chi connectivity index (χ2v) is 6.81. The van der Waals surface area contributed by atoms with Gasteiger partial charge < -0.3 is 4.90 Å². The predicted molar refractivity (Wildman–Crippen MR) is 88.8 cm³/mol. The van der Waals surface area contributed by atoms with E-state index in [1.54, 1.807) is 0 Å². The molecular weight excluding hydrogens is 268 g/mol. The second kappa shape index (κ2) is 6.82. The second-order valence-electron chi connectivity index (χ2n) is 6.28. The summed E-state index contributed by atoms with van der Waals surface area (Å²) < 4.78 is 0. The highest BCUT2D eigenvalue weighted by molar-refractivity contribution is 6.21. The average molecular weight is 295 g/mol. The van der Waals surface area contributed by atoms with E-state index in [4.69, 9.17) is 11.6 Å². The first-order valence-electron chi connectivity index (χ1n) is 7.66. The van der Waals surface area contributed by atoms with Crippen LogP contribution in [0.25, 0.3) is 0 Å². The van der Waals surface area contributed by atoms with E-state index in [0.717, 1.165) is 6.54 Å². The molecule has 0 aliphatic carbocycles. The number of piperidine rings is 1. The SMILES string of the molecule is CC1CCCC(C)N1CC(Cl)c1ccc(N(C)C)cc1. The van der Waals surface area contributed by atoms with Crippen LogP contribution in [0.2, 0.25) is 0 Å². The Morgan fingerprint density at radius 2 is 1.70 bits per heavy atom. The smallest absolute Gasteiger partial charge is 0.0712 e. The van der Waals surface area contributed by atoms with E-state index in [-0.39, 0.29) is 5.38 Å². The van der Waals surface area contributed by atoms with Crippen molar-refractivity contribution in [3.8, 4) is 0 Å². The van der Waals surface area contributed by atoms with Crippen LogP contribution in [0.15, 0.2) is 24.3 Å². The van der Waals surface area contributed by atoms with Crippen molar-refractivity contribution < 1.29 is 0 Å². The highest BCUT2D eigenvalue weighted by Crippen LogP contribution is 2.29. The maximum Gasteiger partial charge on any atom is 0.0712 e. The normalized spacial score (nSPS) is 25.4. The predicted octanol–water partition coefficient (Wildman–Crippen LogP) is 4.30. The van der Waals surface area contributed by atoms with Gasteiger partial charge in [0.1, 0.15) is 0 Å². The van der Waals surface area contributed by atoms with E-state index in [1.165, 1.54) is 30.5 Å². The van der Waals surface area contributed by atoms with Gasteiger partial charge in [-0.25, -0.2) is 0 Å². The Bertz CT molecular complexity index is 406. The average Bonchev–Trinajstić information content (AvgIpc) is 2.43. The minimum Gasteiger partial charge on any atom is -0.378 e. The quantitative estimate of drug-likeness (QED) is 0.764. The summed E-state index contributed by atoms with van der Waals surface area (Å²) in [5.41, 5.74) is 2.44. The summed E-state index contributed by atoms with van der Waals surface area (Å²) in [6, 6.07) is 9.92. The number of alkyl halides is 1. The number of hydrogen-bond acceptors (Lipinski definition) is 2. The van der Waals surface area contributed by atoms with Crippen LogP contribution in [0.3, 0.4) is 0 Å². The van der Waals surface area contributed by atoms with Crippen LogP contribution in [0.1, 0.15) is 44.1 Å². The van der Waals surface area contributed by atoms with Crippen molar-refractivity contribution in [3.63, 3.8) is 0 Å². The van der Waals surface area contributed by atoms with Gasteiger partial charge in [0, 0.05) is 38.4 Å². The van der Waals surface area contributed by atoms with Crippen LogP contribution in [0, 0.1) is 0 Å². The van der Waals surface area contributed by atoms with Crippen molar-refractivity contribution in [2.75, 3.05) is 25.5 Å². The lowest BCUT2D eigenvalue weighted by molar-refractivity contribution is 0.103. The molecule has 1 aliphatic rings. The molecule has 3 heteroatoms. The van der Waals surface area contributed by atoms with Crippen molar-refractivity contribution in [2.24, 2.45) is 0 Å². The van der Waals surface area contributed by atoms with Gasteiger partial charge in [-0.2, -0.15) is 0 Å². The molecule has 2 nitrogen and oxygen atoms in total. The topological polar surface area (TPSA) is 6.48 Å². The van der Waals surface area contributed by atoms with Crippen LogP contribution in [-0.4, -0.2) is 37.6 Å². The number of anilines is 1. The monoisotopic (exact) mass is 294 g/mol. The summed E-state index contributed by atoms with van der Waals surface area (Å²) in [7, 11) is 4.12. The van der Waals surface area contributed by atoms with Gasteiger partial charge in [0.05, 0.1) is 5.38 Å². The molecule has 1 aromatic rings. The van der Waals surface area contributed by atoms with Gasteiger partial charge in [0.15, 0.2) is 0 Å². The molecular formula is C17H27ClN2. The summed E-state index contributed by atoms with van der Waals surface area (Å²) in [6.07, 6.45) is 3.95. The zero-order valence-corrected chi connectivity index (χ0v) is 13.9. The third-order valence-electron chi connectivity index (χ3n) is 4.52. The molecule has 0 N–H and O–H groups in total. The fourth-order valence-corrected chi connectivity index (χ4v) is 3.41. The molecule has 0 saturated carbocycles. The number of halogens is 1. The Labute approximate surface area is 128 Å². The molecule has 1 fully saturated rings. The van der Waals surface area contributed by atoms with E-state index in [2.05, 4.69) is 62.0 Å². The minimum atomic E-state index is 0.0780. The molecule has 1 aliphatic heterocycles. The number of nitrogens with zero attached hydrogens (tertiary/aromatic N) is 2. The Hall–Kier alpha value is -0.730. The largest absolute Gasteiger partial charge is 0.378 e. The zero-order chi connectivity index (χ0) is 14.7. The zero-order valence-electron chi connectivity index (χ0n) is 13.1. The van der Waals surface area contributed by atoms with E-state index < -0.39 is 0 Å². The first kappa shape index (κ1) is 15.7. The summed E-state index contributed by atoms with van der Waals surface area (Å²) in [5.74, 6) is 0. The van der Waals surface area contributed by atoms with Crippen LogP contribution in [0.5, 0.6) is 0 Å². The Balaban J connectivity index is 2.01. The molecule has 20 heavy (non-hydrogen) atoms. The lowest BCUT2D eigenvalue weighted by atomic mass is 9.96. The molecule has 2 rings (SSSR count). The molecule has 0 bridgehead atoms. The van der Waals surface area contributed by atoms with Crippen LogP contribution >= 0.6 is 11.6 Å². The van der Waals surface area contributed by atoms with Gasteiger partial charge in [-0.05, 0) is 44.4 Å². The van der Waals surface area contributed by atoms with Gasteiger partial charge in [-0.3, -0.25) is 4.90 Å². The van der Waals surface area contributed by atoms with Gasteiger partial charge in [0.25, 0.3) is 0 Å². The summed E-state index contributed by atoms with van der Waals surface area (Å²) in [5, 5.41) is 0.0780. The Morgan fingerprint density at radius 3 is 2.20 bits per heavy atom. The number of likely N-dealkylation sites (tertiary alicyclic amines) is 1. The van der Waals surface area contributed by atoms with Crippen molar-refractivity contribution in [1.82, 2.24) is 4.90 Å². The van der Waals surface area contributed by atoms with Gasteiger partial charge in [-0.1, -0.05) is 18.6 Å². The summed E-state index contributed by atoms with van der Waals surface area (Å²) in [4.78, 5) is 4.68. The summed E-state index contributed by atoms with van der Waals surface area (Å²) >= 11 is 6.65. The molecule has 1 aromatic carbocycles. The molecule has 0 spiro atoms. The van der Waals surface area contributed by atoms with E-state index in [1.807, 2.05) is 0 Å². The van der Waals surface area contributed by atoms with Crippen LogP contribution in [0.4, 0.5) is 5.69 Å². The molecule has 0 amide bonds. The van der Waals surface area contributed by atoms with E-state index >= 15 is 0 Å². The highest BCUT2D eigenvalue weighted by atomic mass is 35.5. The highest BCUT2D eigenvalue weighted by Gasteiger charge is 2.26. The van der Waals surface area contributed by atoms with Crippen molar-refractivity contribution in [2.45, 2.75) is 50.6 Å². The summed E-state index contributed by atoms with van der Waals surface area (Å²) in [6.45, 7) is 5.61. The standard InChI is InChI=1S/C17H27ClN2/c1-13-6-5-7-14(2)20(13)12-17(18)15-8-10-16(11-9-15)19(3)4/h8-11,13-14,17H,5-7,12H2,1-4H3. The van der Waals surface area contributed by atoms with Crippen LogP contribution < -0.4 is 4.90 Å². The number of hydrogen-bond donors (Lipinski definition) is 0. The lowest BCUT2D eigenvalue weighted by Gasteiger charge is -2.40. The van der Waals surface area contributed by atoms with E-state index in [9.17, 15) is 0 Å². The fraction of sp³-hybridized carbons (Fsp3) is 0.647. The maximum absolute atomic E-state index is 6.65. The van der Waals surface area contributed by atoms with Gasteiger partial charge in [-0.15, -0.1) is 11.6 Å². The van der Waals surface area contributed by atoms with Crippen molar-refractivity contribution in [3.05, 3.63) is 29.8 Å². The van der Waals surface area contributed by atoms with Gasteiger partial charge in [0.2, 0.25) is 0 Å². The number of benzene rings is 1. The Morgan fingerprint density at radius 1 is 1.15 bits per heavy atom. The number of rotatable bonds is 4. The van der Waals surface area contributed by atoms with Crippen molar-refractivity contribution >= 4 is 17.3 Å². The Kier molecular flexibility index (Phi) is 5.34. The third kappa shape index (κ3) is 3.67. The van der Waals surface area contributed by atoms with Gasteiger partial charge >= 0.3 is 0 Å². The lowest BCUT2D eigenvalue weighted by Crippen LogP contribution is -2.45. The first-order chi connectivity index (χ1) is 9.49.